The third-order valence-electron chi connectivity index (χ3n) is 2.72. The monoisotopic (exact) mass is 243 g/mol. The van der Waals surface area contributed by atoms with Crippen LogP contribution in [0.4, 0.5) is 0 Å². The Bertz CT molecular complexity index is 406. The van der Waals surface area contributed by atoms with Crippen LogP contribution >= 0.6 is 11.3 Å². The Kier molecular flexibility index (Phi) is 4.26. The summed E-state index contributed by atoms with van der Waals surface area (Å²) in [6.07, 6.45) is 1.19. The summed E-state index contributed by atoms with van der Waals surface area (Å²) in [7, 11) is 0. The Morgan fingerprint density at radius 3 is 2.62 bits per heavy atom. The molecule has 16 heavy (non-hydrogen) atoms. The lowest BCUT2D eigenvalue weighted by molar-refractivity contribution is -0.126. The van der Waals surface area contributed by atoms with Crippen molar-refractivity contribution in [1.29, 1.82) is 0 Å². The first-order valence-corrected chi connectivity index (χ1v) is 6.13. The van der Waals surface area contributed by atoms with Crippen molar-refractivity contribution in [1.82, 2.24) is 10.3 Å². The van der Waals surface area contributed by atoms with Gasteiger partial charge >= 0.3 is 4.87 Å². The summed E-state index contributed by atoms with van der Waals surface area (Å²) in [4.78, 5) is 25.2. The highest BCUT2D eigenvalue weighted by Crippen LogP contribution is 2.11. The summed E-state index contributed by atoms with van der Waals surface area (Å²) in [5.74, 6) is -0.176. The van der Waals surface area contributed by atoms with E-state index in [9.17, 15) is 9.59 Å². The fraction of sp³-hybridized carbons (Fsp3) is 0.600. The number of aromatic nitrogens is 1. The number of hydrogen-bond donors (Lipinski definition) is 3. The molecule has 0 saturated heterocycles. The molecule has 0 saturated carbocycles. The summed E-state index contributed by atoms with van der Waals surface area (Å²) in [5.41, 5.74) is 5.83. The van der Waals surface area contributed by atoms with Gasteiger partial charge in [0.2, 0.25) is 5.91 Å². The minimum Gasteiger partial charge on any atom is -0.349 e. The van der Waals surface area contributed by atoms with E-state index in [4.69, 9.17) is 5.73 Å². The zero-order valence-electron chi connectivity index (χ0n) is 9.50. The van der Waals surface area contributed by atoms with Crippen molar-refractivity contribution in [3.8, 4) is 0 Å². The lowest BCUT2D eigenvalue weighted by atomic mass is 9.93. The molecule has 0 aliphatic carbocycles. The zero-order chi connectivity index (χ0) is 12.2. The van der Waals surface area contributed by atoms with Crippen molar-refractivity contribution in [2.24, 2.45) is 5.73 Å². The Morgan fingerprint density at radius 2 is 2.19 bits per heavy atom. The molecule has 0 bridgehead atoms. The van der Waals surface area contributed by atoms with Crippen LogP contribution < -0.4 is 15.9 Å². The summed E-state index contributed by atoms with van der Waals surface area (Å²) in [6.45, 7) is 4.08. The Labute approximate surface area is 98.1 Å². The van der Waals surface area contributed by atoms with Gasteiger partial charge in [0.25, 0.3) is 0 Å². The fourth-order valence-corrected chi connectivity index (χ4v) is 1.90. The number of rotatable bonds is 5. The van der Waals surface area contributed by atoms with Gasteiger partial charge in [0.1, 0.15) is 0 Å². The van der Waals surface area contributed by atoms with Crippen molar-refractivity contribution < 1.29 is 4.79 Å². The molecule has 1 rings (SSSR count). The molecule has 0 fully saturated rings. The van der Waals surface area contributed by atoms with Gasteiger partial charge in [-0.1, -0.05) is 25.2 Å². The molecule has 4 N–H and O–H groups in total. The van der Waals surface area contributed by atoms with Crippen LogP contribution in [0.15, 0.2) is 10.2 Å². The molecule has 1 aromatic rings. The Balaban J connectivity index is 2.55. The maximum atomic E-state index is 11.8. The highest BCUT2D eigenvalue weighted by Gasteiger charge is 2.29. The number of hydrogen-bond acceptors (Lipinski definition) is 4. The molecule has 6 heteroatoms. The van der Waals surface area contributed by atoms with Crippen molar-refractivity contribution in [3.05, 3.63) is 20.7 Å². The van der Waals surface area contributed by atoms with Gasteiger partial charge in [-0.2, -0.15) is 0 Å². The molecule has 1 heterocycles. The molecule has 0 radical (unpaired) electrons. The first-order chi connectivity index (χ1) is 7.51. The van der Waals surface area contributed by atoms with E-state index in [-0.39, 0.29) is 10.8 Å². The second-order valence-corrected chi connectivity index (χ2v) is 4.56. The second-order valence-electron chi connectivity index (χ2n) is 3.72. The number of thiazole rings is 1. The van der Waals surface area contributed by atoms with E-state index in [1.54, 1.807) is 5.38 Å². The van der Waals surface area contributed by atoms with Crippen LogP contribution in [0, 0.1) is 0 Å². The second kappa shape index (κ2) is 5.27. The van der Waals surface area contributed by atoms with Crippen LogP contribution in [-0.2, 0) is 11.3 Å². The molecule has 0 aromatic carbocycles. The van der Waals surface area contributed by atoms with E-state index in [0.29, 0.717) is 25.1 Å². The van der Waals surface area contributed by atoms with Crippen molar-refractivity contribution in [2.75, 3.05) is 0 Å². The molecular weight excluding hydrogens is 226 g/mol. The quantitative estimate of drug-likeness (QED) is 0.706. The summed E-state index contributed by atoms with van der Waals surface area (Å²) >= 11 is 1.08. The number of H-pyrrole nitrogens is 1. The first kappa shape index (κ1) is 12.9. The number of amides is 1. The van der Waals surface area contributed by atoms with Crippen LogP contribution in [0.1, 0.15) is 32.4 Å². The summed E-state index contributed by atoms with van der Waals surface area (Å²) in [5, 5.41) is 4.42. The van der Waals surface area contributed by atoms with Crippen molar-refractivity contribution >= 4 is 17.2 Å². The summed E-state index contributed by atoms with van der Waals surface area (Å²) < 4.78 is 0. The van der Waals surface area contributed by atoms with E-state index in [2.05, 4.69) is 10.3 Å². The Morgan fingerprint density at radius 1 is 1.56 bits per heavy atom. The number of carbonyl (C=O) groups excluding carboxylic acids is 1. The lowest BCUT2D eigenvalue weighted by Crippen LogP contribution is -2.52. The molecule has 90 valence electrons. The van der Waals surface area contributed by atoms with Crippen LogP contribution in [0.2, 0.25) is 0 Å². The maximum absolute atomic E-state index is 11.8. The minimum atomic E-state index is -0.809. The SMILES string of the molecule is CCC(N)(CC)C(=O)NCc1csc(=O)[nH]1. The van der Waals surface area contributed by atoms with Crippen LogP contribution in [0.3, 0.4) is 0 Å². The van der Waals surface area contributed by atoms with E-state index in [0.717, 1.165) is 11.3 Å². The van der Waals surface area contributed by atoms with Crippen LogP contribution in [0.25, 0.3) is 0 Å². The summed E-state index contributed by atoms with van der Waals surface area (Å²) in [6, 6.07) is 0. The zero-order valence-corrected chi connectivity index (χ0v) is 10.3. The van der Waals surface area contributed by atoms with Crippen LogP contribution in [0.5, 0.6) is 0 Å². The third-order valence-corrected chi connectivity index (χ3v) is 3.44. The average Bonchev–Trinajstić information content (AvgIpc) is 2.70. The fourth-order valence-electron chi connectivity index (χ4n) is 1.32. The number of nitrogens with two attached hydrogens (primary N) is 1. The van der Waals surface area contributed by atoms with Gasteiger partial charge in [0, 0.05) is 11.1 Å². The van der Waals surface area contributed by atoms with E-state index in [1.807, 2.05) is 13.8 Å². The lowest BCUT2D eigenvalue weighted by Gasteiger charge is -2.24. The number of aromatic amines is 1. The van der Waals surface area contributed by atoms with Crippen molar-refractivity contribution in [2.45, 2.75) is 38.8 Å². The predicted octanol–water partition coefficient (Wildman–Crippen LogP) is 0.570. The van der Waals surface area contributed by atoms with Gasteiger partial charge in [-0.05, 0) is 12.8 Å². The average molecular weight is 243 g/mol. The van der Waals surface area contributed by atoms with Gasteiger partial charge in [0.15, 0.2) is 0 Å². The molecule has 5 nitrogen and oxygen atoms in total. The smallest absolute Gasteiger partial charge is 0.304 e. The molecular formula is C10H17N3O2S. The number of nitrogens with one attached hydrogen (secondary N) is 2. The normalized spacial score (nSPS) is 11.4. The van der Waals surface area contributed by atoms with Gasteiger partial charge in [0.05, 0.1) is 12.1 Å². The molecule has 0 aliphatic heterocycles. The maximum Gasteiger partial charge on any atom is 0.304 e. The largest absolute Gasteiger partial charge is 0.349 e. The minimum absolute atomic E-state index is 0.116. The molecule has 0 spiro atoms. The molecule has 1 aromatic heterocycles. The Hall–Kier alpha value is -1.14. The highest BCUT2D eigenvalue weighted by atomic mass is 32.1. The van der Waals surface area contributed by atoms with Crippen LogP contribution in [-0.4, -0.2) is 16.4 Å². The molecule has 0 aliphatic rings. The predicted molar refractivity (Wildman–Crippen MR) is 64.3 cm³/mol. The number of carbonyl (C=O) groups is 1. The van der Waals surface area contributed by atoms with Crippen molar-refractivity contribution in [3.63, 3.8) is 0 Å². The van der Waals surface area contributed by atoms with Gasteiger partial charge < -0.3 is 16.0 Å². The topological polar surface area (TPSA) is 88.0 Å². The molecule has 1 amide bonds. The van der Waals surface area contributed by atoms with E-state index < -0.39 is 5.54 Å². The van der Waals surface area contributed by atoms with Gasteiger partial charge in [-0.25, -0.2) is 0 Å². The molecule has 0 unspecified atom stereocenters. The van der Waals surface area contributed by atoms with E-state index in [1.165, 1.54) is 0 Å². The van der Waals surface area contributed by atoms with E-state index >= 15 is 0 Å². The van der Waals surface area contributed by atoms with Gasteiger partial charge in [-0.3, -0.25) is 9.59 Å². The highest BCUT2D eigenvalue weighted by molar-refractivity contribution is 7.07. The van der Waals surface area contributed by atoms with Gasteiger partial charge in [-0.15, -0.1) is 0 Å². The molecule has 0 atom stereocenters. The first-order valence-electron chi connectivity index (χ1n) is 5.25. The third kappa shape index (κ3) is 2.93. The standard InChI is InChI=1S/C10H17N3O2S/c1-3-10(11,4-2)8(14)12-5-7-6-16-9(15)13-7/h6H,3-5,11H2,1-2H3,(H,12,14)(H,13,15).